The van der Waals surface area contributed by atoms with Gasteiger partial charge in [0.15, 0.2) is 0 Å². The van der Waals surface area contributed by atoms with Crippen molar-refractivity contribution < 1.29 is 4.92 Å². The lowest BCUT2D eigenvalue weighted by Gasteiger charge is -2.38. The van der Waals surface area contributed by atoms with Crippen LogP contribution in [0.5, 0.6) is 0 Å². The maximum absolute atomic E-state index is 11.3. The van der Waals surface area contributed by atoms with Crippen molar-refractivity contribution in [3.05, 3.63) is 57.3 Å². The molecule has 7 nitrogen and oxygen atoms in total. The van der Waals surface area contributed by atoms with E-state index in [1.807, 2.05) is 23.7 Å². The van der Waals surface area contributed by atoms with Gasteiger partial charge in [-0.15, -0.1) is 11.3 Å². The molecule has 0 radical (unpaired) electrons. The fourth-order valence-corrected chi connectivity index (χ4v) is 4.27. The van der Waals surface area contributed by atoms with E-state index in [1.54, 1.807) is 29.8 Å². The molecule has 1 atom stereocenters. The summed E-state index contributed by atoms with van der Waals surface area (Å²) < 4.78 is 0. The second-order valence-corrected chi connectivity index (χ2v) is 7.28. The summed E-state index contributed by atoms with van der Waals surface area (Å²) in [5.74, 6) is 0. The lowest BCUT2D eigenvalue weighted by Crippen LogP contribution is -2.47. The molecule has 0 amide bonds. The Kier molecular flexibility index (Phi) is 4.52. The van der Waals surface area contributed by atoms with E-state index in [0.29, 0.717) is 11.4 Å². The zero-order valence-corrected chi connectivity index (χ0v) is 15.2. The van der Waals surface area contributed by atoms with Gasteiger partial charge < -0.3 is 4.90 Å². The lowest BCUT2D eigenvalue weighted by atomic mass is 10.1. The number of thiazole rings is 1. The second kappa shape index (κ2) is 6.97. The number of anilines is 1. The molecule has 0 bridgehead atoms. The van der Waals surface area contributed by atoms with Gasteiger partial charge in [0.05, 0.1) is 16.4 Å². The first-order valence-corrected chi connectivity index (χ1v) is 9.42. The molecule has 3 aromatic rings. The predicted octanol–water partition coefficient (Wildman–Crippen LogP) is 3.48. The Morgan fingerprint density at radius 2 is 1.96 bits per heavy atom. The van der Waals surface area contributed by atoms with Gasteiger partial charge in [-0.25, -0.2) is 4.98 Å². The van der Waals surface area contributed by atoms with Crippen molar-refractivity contribution in [2.45, 2.75) is 13.0 Å². The molecule has 8 heteroatoms. The topological polar surface area (TPSA) is 75.4 Å². The molecule has 2 aromatic heterocycles. The Morgan fingerprint density at radius 3 is 2.65 bits per heavy atom. The molecular weight excluding hydrogens is 350 g/mol. The molecule has 1 aliphatic rings. The van der Waals surface area contributed by atoms with Crippen molar-refractivity contribution in [2.24, 2.45) is 0 Å². The highest BCUT2D eigenvalue weighted by Crippen LogP contribution is 2.34. The van der Waals surface area contributed by atoms with E-state index < -0.39 is 0 Å². The van der Waals surface area contributed by atoms with Crippen LogP contribution >= 0.6 is 11.3 Å². The van der Waals surface area contributed by atoms with E-state index in [9.17, 15) is 10.1 Å². The third-order valence-corrected chi connectivity index (χ3v) is 5.93. The van der Waals surface area contributed by atoms with Crippen molar-refractivity contribution in [1.82, 2.24) is 14.9 Å². The Balaban J connectivity index is 1.57. The van der Waals surface area contributed by atoms with Crippen LogP contribution in [0.1, 0.15) is 18.0 Å². The average molecular weight is 369 g/mol. The Labute approximate surface area is 155 Å². The van der Waals surface area contributed by atoms with Crippen LogP contribution in [-0.2, 0) is 0 Å². The van der Waals surface area contributed by atoms with E-state index in [4.69, 9.17) is 0 Å². The minimum absolute atomic E-state index is 0.105. The maximum atomic E-state index is 11.3. The standard InChI is InChI=1S/C18H19N5O2S/c1-13(18-20-6-11-26-18)21-7-9-22(10-8-21)16-2-3-17(23(24)25)15-12-19-5-4-14(15)16/h2-6,11-13H,7-10H2,1H3. The van der Waals surface area contributed by atoms with Crippen LogP contribution in [0.4, 0.5) is 11.4 Å². The van der Waals surface area contributed by atoms with Gasteiger partial charge in [0.2, 0.25) is 0 Å². The first-order valence-electron chi connectivity index (χ1n) is 8.54. The maximum Gasteiger partial charge on any atom is 0.278 e. The number of nitro benzene ring substituents is 1. The molecule has 0 saturated carbocycles. The second-order valence-electron chi connectivity index (χ2n) is 6.35. The van der Waals surface area contributed by atoms with Crippen molar-refractivity contribution in [1.29, 1.82) is 0 Å². The monoisotopic (exact) mass is 369 g/mol. The highest BCUT2D eigenvalue weighted by molar-refractivity contribution is 7.09. The molecule has 1 fully saturated rings. The van der Waals surface area contributed by atoms with Crippen molar-refractivity contribution in [3.8, 4) is 0 Å². The number of nitro groups is 1. The highest BCUT2D eigenvalue weighted by atomic mass is 32.1. The number of fused-ring (bicyclic) bond motifs is 1. The van der Waals surface area contributed by atoms with Crippen molar-refractivity contribution >= 4 is 33.5 Å². The number of aromatic nitrogens is 2. The summed E-state index contributed by atoms with van der Waals surface area (Å²) in [4.78, 5) is 24.2. The highest BCUT2D eigenvalue weighted by Gasteiger charge is 2.25. The smallest absolute Gasteiger partial charge is 0.278 e. The number of pyridine rings is 1. The Bertz CT molecular complexity index is 922. The van der Waals surface area contributed by atoms with Gasteiger partial charge in [-0.1, -0.05) is 0 Å². The van der Waals surface area contributed by atoms with Gasteiger partial charge in [0.25, 0.3) is 5.69 Å². The average Bonchev–Trinajstić information content (AvgIpc) is 3.21. The minimum atomic E-state index is -0.346. The number of hydrogen-bond acceptors (Lipinski definition) is 7. The van der Waals surface area contributed by atoms with Crippen LogP contribution < -0.4 is 4.90 Å². The molecule has 26 heavy (non-hydrogen) atoms. The molecule has 0 aliphatic carbocycles. The molecule has 3 heterocycles. The first-order chi connectivity index (χ1) is 12.6. The van der Waals surface area contributed by atoms with Crippen LogP contribution in [0.25, 0.3) is 10.8 Å². The van der Waals surface area contributed by atoms with Gasteiger partial charge in [-0.05, 0) is 19.1 Å². The number of piperazine rings is 1. The summed E-state index contributed by atoms with van der Waals surface area (Å²) in [6.07, 6.45) is 5.12. The molecule has 4 rings (SSSR count). The van der Waals surface area contributed by atoms with E-state index in [0.717, 1.165) is 42.3 Å². The molecule has 1 aliphatic heterocycles. The van der Waals surface area contributed by atoms with Crippen LogP contribution in [0.3, 0.4) is 0 Å². The number of hydrogen-bond donors (Lipinski definition) is 0. The quantitative estimate of drug-likeness (QED) is 0.518. The lowest BCUT2D eigenvalue weighted by molar-refractivity contribution is -0.383. The normalized spacial score (nSPS) is 16.7. The Morgan fingerprint density at radius 1 is 1.15 bits per heavy atom. The summed E-state index contributed by atoms with van der Waals surface area (Å²) >= 11 is 1.69. The summed E-state index contributed by atoms with van der Waals surface area (Å²) in [5.41, 5.74) is 1.14. The fraction of sp³-hybridized carbons (Fsp3) is 0.333. The third kappa shape index (κ3) is 3.02. The van der Waals surface area contributed by atoms with Crippen LogP contribution in [0, 0.1) is 10.1 Å². The number of non-ortho nitro benzene ring substituents is 1. The number of nitrogens with zero attached hydrogens (tertiary/aromatic N) is 5. The fourth-order valence-electron chi connectivity index (χ4n) is 3.54. The predicted molar refractivity (Wildman–Crippen MR) is 103 cm³/mol. The van der Waals surface area contributed by atoms with E-state index >= 15 is 0 Å². The van der Waals surface area contributed by atoms with Gasteiger partial charge in [0, 0.05) is 67.3 Å². The molecular formula is C18H19N5O2S. The number of benzene rings is 1. The van der Waals surface area contributed by atoms with Crippen molar-refractivity contribution in [2.75, 3.05) is 31.1 Å². The van der Waals surface area contributed by atoms with E-state index in [2.05, 4.69) is 26.7 Å². The largest absolute Gasteiger partial charge is 0.368 e. The van der Waals surface area contributed by atoms with Gasteiger partial charge in [-0.3, -0.25) is 20.0 Å². The zero-order chi connectivity index (χ0) is 18.1. The third-order valence-electron chi connectivity index (χ3n) is 4.98. The summed E-state index contributed by atoms with van der Waals surface area (Å²) in [6.45, 7) is 5.83. The van der Waals surface area contributed by atoms with Crippen LogP contribution in [0.15, 0.2) is 42.2 Å². The van der Waals surface area contributed by atoms with Gasteiger partial charge in [-0.2, -0.15) is 0 Å². The Hall–Kier alpha value is -2.58. The number of rotatable bonds is 4. The van der Waals surface area contributed by atoms with E-state index in [-0.39, 0.29) is 10.6 Å². The zero-order valence-electron chi connectivity index (χ0n) is 14.4. The van der Waals surface area contributed by atoms with E-state index in [1.165, 1.54) is 0 Å². The molecule has 1 aromatic carbocycles. The minimum Gasteiger partial charge on any atom is -0.368 e. The van der Waals surface area contributed by atoms with Crippen LogP contribution in [-0.4, -0.2) is 46.0 Å². The molecule has 134 valence electrons. The van der Waals surface area contributed by atoms with Crippen molar-refractivity contribution in [3.63, 3.8) is 0 Å². The first kappa shape index (κ1) is 16.9. The van der Waals surface area contributed by atoms with Crippen LogP contribution in [0.2, 0.25) is 0 Å². The molecule has 0 spiro atoms. The summed E-state index contributed by atoms with van der Waals surface area (Å²) in [5, 5.41) is 15.9. The summed E-state index contributed by atoms with van der Waals surface area (Å²) in [7, 11) is 0. The summed E-state index contributed by atoms with van der Waals surface area (Å²) in [6, 6.07) is 5.63. The molecule has 1 unspecified atom stereocenters. The van der Waals surface area contributed by atoms with Gasteiger partial charge in [0.1, 0.15) is 5.01 Å². The molecule has 0 N–H and O–H groups in total. The molecule has 1 saturated heterocycles. The SMILES string of the molecule is CC(c1nccs1)N1CCN(c2ccc([N+](=O)[O-])c3cnccc23)CC1. The van der Waals surface area contributed by atoms with Gasteiger partial charge >= 0.3 is 0 Å².